The van der Waals surface area contributed by atoms with E-state index in [-0.39, 0.29) is 23.2 Å². The van der Waals surface area contributed by atoms with Crippen LogP contribution in [0.15, 0.2) is 12.1 Å². The minimum absolute atomic E-state index is 0. The van der Waals surface area contributed by atoms with Crippen molar-refractivity contribution >= 4 is 12.4 Å². The normalized spacial score (nSPS) is 13.8. The van der Waals surface area contributed by atoms with Gasteiger partial charge < -0.3 is 10.8 Å². The highest BCUT2D eigenvalue weighted by molar-refractivity contribution is 5.85. The molecule has 2 nitrogen and oxygen atoms in total. The first-order valence-electron chi connectivity index (χ1n) is 6.68. The highest BCUT2D eigenvalue weighted by atomic mass is 35.5. The third-order valence-electron chi connectivity index (χ3n) is 3.34. The van der Waals surface area contributed by atoms with Crippen LogP contribution in [0, 0.1) is 0 Å². The Hall–Kier alpha value is -0.800. The summed E-state index contributed by atoms with van der Waals surface area (Å²) >= 11 is 0. The lowest BCUT2D eigenvalue weighted by atomic mass is 9.78. The zero-order valence-electron chi connectivity index (χ0n) is 13.2. The van der Waals surface area contributed by atoms with Gasteiger partial charge in [-0.25, -0.2) is 4.39 Å². The number of rotatable bonds is 2. The van der Waals surface area contributed by atoms with E-state index < -0.39 is 12.7 Å². The first kappa shape index (κ1) is 19.2. The van der Waals surface area contributed by atoms with Crippen molar-refractivity contribution in [2.75, 3.05) is 6.67 Å². The fraction of sp³-hybridized carbons (Fsp3) is 0.625. The van der Waals surface area contributed by atoms with Crippen LogP contribution < -0.4 is 5.73 Å². The SMILES string of the molecule is CC(C)(C)c1cc([C@H](N)CF)cc(C(C)(C)C)c1O.Cl. The van der Waals surface area contributed by atoms with Gasteiger partial charge in [0.2, 0.25) is 0 Å². The Balaban J connectivity index is 0.00000361. The van der Waals surface area contributed by atoms with Crippen LogP contribution in [-0.4, -0.2) is 11.8 Å². The second-order valence-corrected chi connectivity index (χ2v) is 7.23. The summed E-state index contributed by atoms with van der Waals surface area (Å²) in [7, 11) is 0. The van der Waals surface area contributed by atoms with Gasteiger partial charge in [0.25, 0.3) is 0 Å². The number of nitrogens with two attached hydrogens (primary N) is 1. The van der Waals surface area contributed by atoms with Crippen molar-refractivity contribution in [2.45, 2.75) is 58.4 Å². The lowest BCUT2D eigenvalue weighted by Gasteiger charge is -2.29. The molecule has 0 saturated carbocycles. The molecule has 0 spiro atoms. The number of aromatic hydroxyl groups is 1. The highest BCUT2D eigenvalue weighted by Crippen LogP contribution is 2.40. The third kappa shape index (κ3) is 4.10. The molecule has 1 aromatic carbocycles. The van der Waals surface area contributed by atoms with Gasteiger partial charge in [0.1, 0.15) is 12.4 Å². The number of phenols is 1. The van der Waals surface area contributed by atoms with E-state index in [4.69, 9.17) is 5.73 Å². The molecule has 0 heterocycles. The molecule has 20 heavy (non-hydrogen) atoms. The molecule has 0 aliphatic heterocycles. The van der Waals surface area contributed by atoms with Gasteiger partial charge in [0, 0.05) is 0 Å². The molecule has 0 bridgehead atoms. The van der Waals surface area contributed by atoms with Crippen molar-refractivity contribution in [1.29, 1.82) is 0 Å². The molecule has 1 aromatic rings. The monoisotopic (exact) mass is 303 g/mol. The maximum Gasteiger partial charge on any atom is 0.123 e. The average Bonchev–Trinajstić information content (AvgIpc) is 2.25. The first-order chi connectivity index (χ1) is 8.48. The molecule has 0 unspecified atom stereocenters. The summed E-state index contributed by atoms with van der Waals surface area (Å²) in [5, 5.41) is 10.5. The molecule has 0 amide bonds. The Morgan fingerprint density at radius 3 is 1.65 bits per heavy atom. The van der Waals surface area contributed by atoms with Crippen LogP contribution in [-0.2, 0) is 10.8 Å². The standard InChI is InChI=1S/C16H26FNO.ClH/c1-15(2,3)11-7-10(13(18)9-17)8-12(14(11)19)16(4,5)6;/h7-8,13,19H,9,18H2,1-6H3;1H/t13-;/m1./s1. The van der Waals surface area contributed by atoms with Gasteiger partial charge in [-0.15, -0.1) is 12.4 Å². The van der Waals surface area contributed by atoms with Crippen LogP contribution in [0.2, 0.25) is 0 Å². The van der Waals surface area contributed by atoms with Crippen molar-refractivity contribution in [3.05, 3.63) is 28.8 Å². The second kappa shape index (κ2) is 6.31. The van der Waals surface area contributed by atoms with Crippen LogP contribution in [0.5, 0.6) is 5.75 Å². The number of hydrogen-bond acceptors (Lipinski definition) is 2. The molecule has 1 atom stereocenters. The minimum atomic E-state index is -0.636. The molecule has 1 rings (SSSR count). The Bertz CT molecular complexity index is 426. The van der Waals surface area contributed by atoms with Crippen LogP contribution in [0.3, 0.4) is 0 Å². The van der Waals surface area contributed by atoms with Crippen LogP contribution >= 0.6 is 12.4 Å². The predicted octanol–water partition coefficient (Wildman–Crippen LogP) is 4.38. The molecule has 0 aliphatic rings. The van der Waals surface area contributed by atoms with Crippen molar-refractivity contribution in [3.8, 4) is 5.75 Å². The van der Waals surface area contributed by atoms with Crippen molar-refractivity contribution in [2.24, 2.45) is 5.73 Å². The summed E-state index contributed by atoms with van der Waals surface area (Å²) in [5.74, 6) is 0.301. The maximum atomic E-state index is 12.8. The molecule has 0 saturated heterocycles. The summed E-state index contributed by atoms with van der Waals surface area (Å²) in [6, 6.07) is 3.02. The lowest BCUT2D eigenvalue weighted by molar-refractivity contribution is 0.415. The van der Waals surface area contributed by atoms with E-state index in [0.29, 0.717) is 5.75 Å². The van der Waals surface area contributed by atoms with Gasteiger partial charge in [-0.1, -0.05) is 41.5 Å². The van der Waals surface area contributed by atoms with Crippen LogP contribution in [0.4, 0.5) is 4.39 Å². The Morgan fingerprint density at radius 1 is 1.05 bits per heavy atom. The van der Waals surface area contributed by atoms with Crippen molar-refractivity contribution in [1.82, 2.24) is 0 Å². The Labute approximate surface area is 128 Å². The fourth-order valence-electron chi connectivity index (χ4n) is 2.10. The molecular weight excluding hydrogens is 277 g/mol. The lowest BCUT2D eigenvalue weighted by Crippen LogP contribution is -2.20. The Morgan fingerprint density at radius 2 is 1.40 bits per heavy atom. The van der Waals surface area contributed by atoms with Gasteiger partial charge in [0.15, 0.2) is 0 Å². The fourth-order valence-corrected chi connectivity index (χ4v) is 2.10. The quantitative estimate of drug-likeness (QED) is 0.851. The van der Waals surface area contributed by atoms with E-state index in [2.05, 4.69) is 0 Å². The highest BCUT2D eigenvalue weighted by Gasteiger charge is 2.27. The summed E-state index contributed by atoms with van der Waals surface area (Å²) < 4.78 is 12.8. The summed E-state index contributed by atoms with van der Waals surface area (Å²) in [5.41, 5.74) is 7.77. The number of halogens is 2. The number of phenolic OH excluding ortho intramolecular Hbond substituents is 1. The van der Waals surface area contributed by atoms with Gasteiger partial charge in [-0.2, -0.15) is 0 Å². The molecule has 0 fully saturated rings. The van der Waals surface area contributed by atoms with Crippen LogP contribution in [0.1, 0.15) is 64.3 Å². The zero-order valence-corrected chi connectivity index (χ0v) is 14.1. The Kier molecular flexibility index (Phi) is 6.06. The van der Waals surface area contributed by atoms with E-state index in [1.54, 1.807) is 0 Å². The van der Waals surface area contributed by atoms with E-state index in [0.717, 1.165) is 16.7 Å². The van der Waals surface area contributed by atoms with Crippen molar-refractivity contribution < 1.29 is 9.50 Å². The van der Waals surface area contributed by atoms with Gasteiger partial charge >= 0.3 is 0 Å². The zero-order chi connectivity index (χ0) is 15.0. The maximum absolute atomic E-state index is 12.8. The molecule has 116 valence electrons. The summed E-state index contributed by atoms with van der Waals surface area (Å²) in [6.45, 7) is 11.6. The molecular formula is C16H27ClFNO. The number of benzene rings is 1. The number of alkyl halides is 1. The largest absolute Gasteiger partial charge is 0.507 e. The smallest absolute Gasteiger partial charge is 0.123 e. The molecule has 3 N–H and O–H groups in total. The van der Waals surface area contributed by atoms with Gasteiger partial charge in [-0.3, -0.25) is 0 Å². The summed E-state index contributed by atoms with van der Waals surface area (Å²) in [6.07, 6.45) is 0. The van der Waals surface area contributed by atoms with Crippen molar-refractivity contribution in [3.63, 3.8) is 0 Å². The van der Waals surface area contributed by atoms with E-state index in [1.807, 2.05) is 53.7 Å². The molecule has 0 aromatic heterocycles. The van der Waals surface area contributed by atoms with E-state index in [1.165, 1.54) is 0 Å². The molecule has 0 radical (unpaired) electrons. The predicted molar refractivity (Wildman–Crippen MR) is 85.7 cm³/mol. The van der Waals surface area contributed by atoms with Crippen LogP contribution in [0.25, 0.3) is 0 Å². The van der Waals surface area contributed by atoms with E-state index >= 15 is 0 Å². The van der Waals surface area contributed by atoms with Gasteiger partial charge in [-0.05, 0) is 39.7 Å². The molecule has 4 heteroatoms. The third-order valence-corrected chi connectivity index (χ3v) is 3.34. The molecule has 0 aliphatic carbocycles. The summed E-state index contributed by atoms with van der Waals surface area (Å²) in [4.78, 5) is 0. The first-order valence-corrected chi connectivity index (χ1v) is 6.68. The average molecular weight is 304 g/mol. The second-order valence-electron chi connectivity index (χ2n) is 7.23. The van der Waals surface area contributed by atoms with Gasteiger partial charge in [0.05, 0.1) is 6.04 Å². The van der Waals surface area contributed by atoms with E-state index in [9.17, 15) is 9.50 Å². The minimum Gasteiger partial charge on any atom is -0.507 e. The topological polar surface area (TPSA) is 46.2 Å². The number of hydrogen-bond donors (Lipinski definition) is 2.